The number of aryl methyl sites for hydroxylation is 1. The van der Waals surface area contributed by atoms with Crippen LogP contribution >= 0.6 is 34.7 Å². The third-order valence-corrected chi connectivity index (χ3v) is 10.0. The first-order valence-electron chi connectivity index (χ1n) is 13.2. The maximum absolute atomic E-state index is 13.9. The summed E-state index contributed by atoms with van der Waals surface area (Å²) in [6, 6.07) is 24.0. The molecule has 0 bridgehead atoms. The Morgan fingerprint density at radius 1 is 1.00 bits per heavy atom. The third-order valence-electron chi connectivity index (χ3n) is 6.39. The number of nitrogens with one attached hydrogen (secondary N) is 2. The zero-order valence-corrected chi connectivity index (χ0v) is 26.4. The van der Waals surface area contributed by atoms with Gasteiger partial charge in [-0.2, -0.15) is 0 Å². The number of thiazole rings is 1. The van der Waals surface area contributed by atoms with E-state index < -0.39 is 21.9 Å². The Balaban J connectivity index is 1.56. The Morgan fingerprint density at radius 2 is 1.68 bits per heavy atom. The fourth-order valence-corrected chi connectivity index (χ4v) is 7.42. The van der Waals surface area contributed by atoms with Gasteiger partial charge in [0, 0.05) is 27.0 Å². The van der Waals surface area contributed by atoms with Gasteiger partial charge in [-0.25, -0.2) is 13.4 Å². The van der Waals surface area contributed by atoms with Crippen LogP contribution in [0.2, 0.25) is 5.02 Å². The van der Waals surface area contributed by atoms with Gasteiger partial charge in [0.25, 0.3) is 15.9 Å². The topological polar surface area (TPSA) is 135 Å². The summed E-state index contributed by atoms with van der Waals surface area (Å²) in [5.74, 6) is -0.876. The van der Waals surface area contributed by atoms with Crippen molar-refractivity contribution in [1.29, 1.82) is 0 Å². The van der Waals surface area contributed by atoms with Gasteiger partial charge in [-0.15, -0.1) is 23.1 Å². The monoisotopic (exact) mass is 667 g/mol. The molecule has 226 valence electrons. The molecule has 44 heavy (non-hydrogen) atoms. The van der Waals surface area contributed by atoms with E-state index in [1.165, 1.54) is 41.3 Å². The van der Waals surface area contributed by atoms with Crippen LogP contribution < -0.4 is 14.8 Å². The van der Waals surface area contributed by atoms with E-state index in [9.17, 15) is 18.0 Å². The fourth-order valence-electron chi connectivity index (χ4n) is 4.45. The molecule has 4 aromatic carbocycles. The van der Waals surface area contributed by atoms with Crippen LogP contribution in [0.5, 0.6) is 5.75 Å². The van der Waals surface area contributed by atoms with Crippen LogP contribution in [0.4, 0.5) is 10.8 Å². The Bertz CT molecular complexity index is 1950. The Hall–Kier alpha value is -4.10. The normalized spacial score (nSPS) is 11.3. The number of carbonyl (C=O) groups is 2. The Kier molecular flexibility index (Phi) is 9.74. The molecule has 1 amide bonds. The fraction of sp³-hybridized carbons (Fsp3) is 0.129. The van der Waals surface area contributed by atoms with Crippen LogP contribution in [0.15, 0.2) is 89.8 Å². The molecule has 0 aliphatic heterocycles. The number of halogens is 1. The molecule has 5 rings (SSSR count). The van der Waals surface area contributed by atoms with Gasteiger partial charge in [-0.1, -0.05) is 78.3 Å². The highest BCUT2D eigenvalue weighted by atomic mass is 35.5. The Morgan fingerprint density at radius 3 is 2.41 bits per heavy atom. The molecule has 0 fully saturated rings. The van der Waals surface area contributed by atoms with Crippen molar-refractivity contribution in [2.45, 2.75) is 11.8 Å². The summed E-state index contributed by atoms with van der Waals surface area (Å²) in [5, 5.41) is 13.1. The van der Waals surface area contributed by atoms with Crippen LogP contribution in [0, 0.1) is 6.92 Å². The zero-order chi connectivity index (χ0) is 31.3. The average Bonchev–Trinajstić information content (AvgIpc) is 3.37. The van der Waals surface area contributed by atoms with Gasteiger partial charge in [-0.3, -0.25) is 19.6 Å². The molecule has 0 unspecified atom stereocenters. The largest absolute Gasteiger partial charge is 0.492 e. The van der Waals surface area contributed by atoms with E-state index in [-0.39, 0.29) is 33.5 Å². The molecule has 0 atom stereocenters. The van der Waals surface area contributed by atoms with Gasteiger partial charge in [-0.05, 0) is 25.1 Å². The number of carboxylic acids is 1. The number of anilines is 2. The first-order valence-corrected chi connectivity index (χ1v) is 17.1. The van der Waals surface area contributed by atoms with Crippen LogP contribution in [-0.4, -0.2) is 48.5 Å². The van der Waals surface area contributed by atoms with E-state index in [0.29, 0.717) is 27.4 Å². The van der Waals surface area contributed by atoms with Crippen molar-refractivity contribution in [3.63, 3.8) is 0 Å². The summed E-state index contributed by atoms with van der Waals surface area (Å²) in [7, 11) is -4.22. The molecule has 9 nitrogen and oxygen atoms in total. The molecule has 3 N–H and O–H groups in total. The second-order valence-electron chi connectivity index (χ2n) is 9.42. The van der Waals surface area contributed by atoms with Gasteiger partial charge < -0.3 is 9.84 Å². The molecule has 0 saturated heterocycles. The summed E-state index contributed by atoms with van der Waals surface area (Å²) in [5.41, 5.74) is 1.67. The minimum atomic E-state index is -4.22. The van der Waals surface area contributed by atoms with Gasteiger partial charge in [0.15, 0.2) is 5.13 Å². The van der Waals surface area contributed by atoms with Crippen LogP contribution in [0.25, 0.3) is 22.0 Å². The standard InChI is InChI=1S/C31H26ClN3O6S3/c1-19-28(20-9-3-2-4-10-20)33-31(43-19)34-30(38)23-17-25(41-15-16-42-18-27(36)37)21-11-5-6-12-22(21)29(23)35-44(39,40)26-14-8-7-13-24(26)32/h2-14,17,35H,15-16,18H2,1H3,(H,36,37)(H,33,34,38). The number of carboxylic acid groups (broad SMARTS) is 1. The lowest BCUT2D eigenvalue weighted by Crippen LogP contribution is -2.19. The van der Waals surface area contributed by atoms with Gasteiger partial charge in [0.2, 0.25) is 0 Å². The number of thioether (sulfide) groups is 1. The number of hydrogen-bond donors (Lipinski definition) is 3. The highest BCUT2D eigenvalue weighted by Crippen LogP contribution is 2.38. The highest BCUT2D eigenvalue weighted by molar-refractivity contribution is 7.99. The molecule has 0 aliphatic rings. The van der Waals surface area contributed by atoms with Crippen molar-refractivity contribution >= 4 is 78.2 Å². The van der Waals surface area contributed by atoms with Crippen molar-refractivity contribution in [3.8, 4) is 17.0 Å². The van der Waals surface area contributed by atoms with E-state index in [1.54, 1.807) is 36.4 Å². The Labute approximate surface area is 267 Å². The number of ether oxygens (including phenoxy) is 1. The molecule has 5 aromatic rings. The lowest BCUT2D eigenvalue weighted by Gasteiger charge is -2.18. The second kappa shape index (κ2) is 13.7. The van der Waals surface area contributed by atoms with E-state index in [0.717, 1.165) is 16.1 Å². The van der Waals surface area contributed by atoms with Crippen molar-refractivity contribution < 1.29 is 27.9 Å². The maximum Gasteiger partial charge on any atom is 0.313 e. The summed E-state index contributed by atoms with van der Waals surface area (Å²) in [4.78, 5) is 30.2. The summed E-state index contributed by atoms with van der Waals surface area (Å²) in [6.07, 6.45) is 0. The highest BCUT2D eigenvalue weighted by Gasteiger charge is 2.25. The van der Waals surface area contributed by atoms with E-state index >= 15 is 0 Å². The van der Waals surface area contributed by atoms with Gasteiger partial charge in [0.05, 0.1) is 34.3 Å². The average molecular weight is 668 g/mol. The quantitative estimate of drug-likeness (QED) is 0.119. The molecular formula is C31H26ClN3O6S3. The number of rotatable bonds is 12. The molecule has 1 aromatic heterocycles. The van der Waals surface area contributed by atoms with E-state index in [4.69, 9.17) is 21.4 Å². The number of hydrogen-bond acceptors (Lipinski definition) is 8. The number of aliphatic carboxylic acids is 1. The minimum Gasteiger partial charge on any atom is -0.492 e. The molecule has 0 aliphatic carbocycles. The lowest BCUT2D eigenvalue weighted by atomic mass is 10.0. The van der Waals surface area contributed by atoms with Crippen LogP contribution in [0.3, 0.4) is 0 Å². The van der Waals surface area contributed by atoms with Crippen LogP contribution in [-0.2, 0) is 14.8 Å². The molecular weight excluding hydrogens is 642 g/mol. The van der Waals surface area contributed by atoms with Crippen molar-refractivity contribution in [2.24, 2.45) is 0 Å². The zero-order valence-electron chi connectivity index (χ0n) is 23.2. The molecule has 13 heteroatoms. The maximum atomic E-state index is 13.9. The number of amides is 1. The van der Waals surface area contributed by atoms with Crippen molar-refractivity contribution in [2.75, 3.05) is 28.2 Å². The SMILES string of the molecule is Cc1sc(NC(=O)c2cc(OCCSCC(=O)O)c3ccccc3c2NS(=O)(=O)c2ccccc2Cl)nc1-c1ccccc1. The van der Waals surface area contributed by atoms with E-state index in [2.05, 4.69) is 15.0 Å². The summed E-state index contributed by atoms with van der Waals surface area (Å²) in [6.45, 7) is 2.07. The number of nitrogens with zero attached hydrogens (tertiary/aromatic N) is 1. The predicted octanol–water partition coefficient (Wildman–Crippen LogP) is 7.17. The van der Waals surface area contributed by atoms with Crippen LogP contribution in [0.1, 0.15) is 15.2 Å². The molecule has 0 spiro atoms. The predicted molar refractivity (Wildman–Crippen MR) is 177 cm³/mol. The van der Waals surface area contributed by atoms with Gasteiger partial charge in [0.1, 0.15) is 10.6 Å². The number of sulfonamides is 1. The van der Waals surface area contributed by atoms with Gasteiger partial charge >= 0.3 is 5.97 Å². The first-order chi connectivity index (χ1) is 21.1. The minimum absolute atomic E-state index is 0.00151. The lowest BCUT2D eigenvalue weighted by molar-refractivity contribution is -0.133. The summed E-state index contributed by atoms with van der Waals surface area (Å²) >= 11 is 8.73. The third kappa shape index (κ3) is 7.16. The molecule has 1 heterocycles. The smallest absolute Gasteiger partial charge is 0.313 e. The molecule has 0 radical (unpaired) electrons. The first kappa shape index (κ1) is 31.3. The number of fused-ring (bicyclic) bond motifs is 1. The van der Waals surface area contributed by atoms with Crippen molar-refractivity contribution in [3.05, 3.63) is 100 Å². The number of carbonyl (C=O) groups excluding carboxylic acids is 1. The van der Waals surface area contributed by atoms with E-state index in [1.807, 2.05) is 37.3 Å². The number of benzene rings is 4. The number of aromatic nitrogens is 1. The summed E-state index contributed by atoms with van der Waals surface area (Å²) < 4.78 is 35.7. The molecule has 0 saturated carbocycles. The van der Waals surface area contributed by atoms with Crippen molar-refractivity contribution in [1.82, 2.24) is 4.98 Å². The second-order valence-corrected chi connectivity index (χ2v) is 13.8.